The van der Waals surface area contributed by atoms with Gasteiger partial charge in [-0.3, -0.25) is 9.59 Å². The first-order valence-corrected chi connectivity index (χ1v) is 9.84. The van der Waals surface area contributed by atoms with E-state index in [-0.39, 0.29) is 17.2 Å². The fourth-order valence-electron chi connectivity index (χ4n) is 4.63. The number of carbonyl (C=O) groups is 2. The van der Waals surface area contributed by atoms with Crippen molar-refractivity contribution in [3.05, 3.63) is 65.2 Å². The lowest BCUT2D eigenvalue weighted by Gasteiger charge is -2.34. The van der Waals surface area contributed by atoms with Gasteiger partial charge >= 0.3 is 0 Å². The van der Waals surface area contributed by atoms with Gasteiger partial charge in [-0.05, 0) is 42.2 Å². The minimum Gasteiger partial charge on any atom is -0.348 e. The molecule has 2 aromatic carbocycles. The number of carbonyl (C=O) groups excluding carboxylic acids is 2. The predicted molar refractivity (Wildman–Crippen MR) is 107 cm³/mol. The lowest BCUT2D eigenvalue weighted by atomic mass is 9.70. The minimum atomic E-state index is -0.0612. The van der Waals surface area contributed by atoms with E-state index in [2.05, 4.69) is 5.32 Å². The van der Waals surface area contributed by atoms with Crippen LogP contribution in [-0.4, -0.2) is 18.4 Å². The van der Waals surface area contributed by atoms with Crippen LogP contribution >= 0.6 is 0 Å². The maximum Gasteiger partial charge on any atom is 0.251 e. The fraction of sp³-hybridized carbons (Fsp3) is 0.391. The van der Waals surface area contributed by atoms with Gasteiger partial charge in [0.25, 0.3) is 5.91 Å². The Morgan fingerprint density at radius 1 is 1.04 bits per heavy atom. The zero-order chi connectivity index (χ0) is 18.9. The largest absolute Gasteiger partial charge is 0.348 e. The van der Waals surface area contributed by atoms with E-state index in [0.717, 1.165) is 30.6 Å². The summed E-state index contributed by atoms with van der Waals surface area (Å²) in [5.41, 5.74) is 3.96. The Hall–Kier alpha value is -2.62. The number of benzene rings is 2. The van der Waals surface area contributed by atoms with E-state index in [9.17, 15) is 9.59 Å². The summed E-state index contributed by atoms with van der Waals surface area (Å²) in [7, 11) is 0. The van der Waals surface area contributed by atoms with Gasteiger partial charge in [0.2, 0.25) is 5.91 Å². The smallest absolute Gasteiger partial charge is 0.251 e. The summed E-state index contributed by atoms with van der Waals surface area (Å²) in [4.78, 5) is 26.8. The maximum absolute atomic E-state index is 12.7. The number of nitrogens with zero attached hydrogens (tertiary/aromatic N) is 1. The molecule has 1 aliphatic carbocycles. The average Bonchev–Trinajstić information content (AvgIpc) is 3.01. The van der Waals surface area contributed by atoms with Crippen LogP contribution in [0.3, 0.4) is 0 Å². The van der Waals surface area contributed by atoms with Crippen molar-refractivity contribution in [1.82, 2.24) is 5.32 Å². The van der Waals surface area contributed by atoms with Crippen molar-refractivity contribution in [1.29, 1.82) is 0 Å². The molecule has 4 nitrogen and oxygen atoms in total. The third-order valence-electron chi connectivity index (χ3n) is 6.07. The number of hydrogen-bond donors (Lipinski definition) is 1. The van der Waals surface area contributed by atoms with Gasteiger partial charge in [0.15, 0.2) is 0 Å². The van der Waals surface area contributed by atoms with Crippen LogP contribution in [-0.2, 0) is 16.8 Å². The van der Waals surface area contributed by atoms with Crippen LogP contribution in [0.1, 0.15) is 60.5 Å². The van der Waals surface area contributed by atoms with Gasteiger partial charge in [0.1, 0.15) is 0 Å². The third kappa shape index (κ3) is 3.36. The molecule has 27 heavy (non-hydrogen) atoms. The summed E-state index contributed by atoms with van der Waals surface area (Å²) in [6.07, 6.45) is 5.83. The van der Waals surface area contributed by atoms with Crippen LogP contribution in [0.4, 0.5) is 5.69 Å². The first-order valence-electron chi connectivity index (χ1n) is 9.84. The molecule has 1 fully saturated rings. The Bertz CT molecular complexity index is 854. The summed E-state index contributed by atoms with van der Waals surface area (Å²) in [5, 5.41) is 3.01. The molecule has 1 aliphatic heterocycles. The maximum atomic E-state index is 12.7. The van der Waals surface area contributed by atoms with Crippen LogP contribution in [0, 0.1) is 0 Å². The van der Waals surface area contributed by atoms with Gasteiger partial charge in [-0.2, -0.15) is 0 Å². The van der Waals surface area contributed by atoms with Gasteiger partial charge in [-0.1, -0.05) is 49.6 Å². The van der Waals surface area contributed by atoms with E-state index in [1.807, 2.05) is 53.4 Å². The second kappa shape index (κ2) is 7.18. The summed E-state index contributed by atoms with van der Waals surface area (Å²) in [5.74, 6) is 0.0221. The Morgan fingerprint density at radius 2 is 1.78 bits per heavy atom. The molecule has 2 aromatic rings. The summed E-state index contributed by atoms with van der Waals surface area (Å²) < 4.78 is 0. The van der Waals surface area contributed by atoms with E-state index < -0.39 is 0 Å². The van der Waals surface area contributed by atoms with Crippen molar-refractivity contribution in [2.45, 2.75) is 51.0 Å². The SMILES string of the molecule is CC(=O)N1CC2(CCCCC2)c2cc(C(=O)NCc3ccccc3)ccc21. The molecular weight excluding hydrogens is 336 g/mol. The Kier molecular flexibility index (Phi) is 4.73. The van der Waals surface area contributed by atoms with E-state index in [4.69, 9.17) is 0 Å². The second-order valence-corrected chi connectivity index (χ2v) is 7.85. The molecule has 0 bridgehead atoms. The Balaban J connectivity index is 1.60. The lowest BCUT2D eigenvalue weighted by molar-refractivity contribution is -0.116. The number of rotatable bonds is 3. The van der Waals surface area contributed by atoms with E-state index in [0.29, 0.717) is 12.1 Å². The highest BCUT2D eigenvalue weighted by Gasteiger charge is 2.44. The van der Waals surface area contributed by atoms with Gasteiger partial charge in [0.05, 0.1) is 0 Å². The third-order valence-corrected chi connectivity index (χ3v) is 6.07. The van der Waals surface area contributed by atoms with E-state index in [1.165, 1.54) is 24.8 Å². The van der Waals surface area contributed by atoms with Crippen LogP contribution in [0.25, 0.3) is 0 Å². The zero-order valence-electron chi connectivity index (χ0n) is 15.8. The fourth-order valence-corrected chi connectivity index (χ4v) is 4.63. The van der Waals surface area contributed by atoms with Crippen molar-refractivity contribution < 1.29 is 9.59 Å². The normalized spacial score (nSPS) is 17.6. The Morgan fingerprint density at radius 3 is 2.48 bits per heavy atom. The molecule has 0 unspecified atom stereocenters. The van der Waals surface area contributed by atoms with Gasteiger partial charge in [0, 0.05) is 36.7 Å². The van der Waals surface area contributed by atoms with Crippen LogP contribution in [0.2, 0.25) is 0 Å². The standard InChI is InChI=1S/C23H26N2O2/c1-17(26)25-16-23(12-6-3-7-13-23)20-14-19(10-11-21(20)25)22(27)24-15-18-8-4-2-5-9-18/h2,4-5,8-11,14H,3,6-7,12-13,15-16H2,1H3,(H,24,27). The number of anilines is 1. The highest BCUT2D eigenvalue weighted by atomic mass is 16.2. The second-order valence-electron chi connectivity index (χ2n) is 7.85. The van der Waals surface area contributed by atoms with Crippen molar-refractivity contribution in [3.8, 4) is 0 Å². The van der Waals surface area contributed by atoms with Crippen molar-refractivity contribution in [2.24, 2.45) is 0 Å². The summed E-state index contributed by atoms with van der Waals surface area (Å²) in [6.45, 7) is 2.90. The Labute approximate surface area is 160 Å². The molecule has 1 heterocycles. The molecule has 1 saturated carbocycles. The van der Waals surface area contributed by atoms with Crippen LogP contribution in [0.5, 0.6) is 0 Å². The van der Waals surface area contributed by atoms with E-state index in [1.54, 1.807) is 6.92 Å². The van der Waals surface area contributed by atoms with Crippen LogP contribution in [0.15, 0.2) is 48.5 Å². The molecule has 1 N–H and O–H groups in total. The lowest BCUT2D eigenvalue weighted by Crippen LogP contribution is -2.37. The number of hydrogen-bond acceptors (Lipinski definition) is 2. The van der Waals surface area contributed by atoms with Gasteiger partial charge in [-0.25, -0.2) is 0 Å². The molecule has 140 valence electrons. The minimum absolute atomic E-state index is 0.0228. The summed E-state index contributed by atoms with van der Waals surface area (Å²) >= 11 is 0. The molecule has 4 rings (SSSR count). The monoisotopic (exact) mass is 362 g/mol. The molecule has 0 atom stereocenters. The van der Waals surface area contributed by atoms with Crippen LogP contribution < -0.4 is 10.2 Å². The van der Waals surface area contributed by atoms with Crippen molar-refractivity contribution in [3.63, 3.8) is 0 Å². The van der Waals surface area contributed by atoms with E-state index >= 15 is 0 Å². The molecule has 4 heteroatoms. The average molecular weight is 362 g/mol. The molecule has 2 amide bonds. The van der Waals surface area contributed by atoms with Gasteiger partial charge in [-0.15, -0.1) is 0 Å². The number of nitrogens with one attached hydrogen (secondary N) is 1. The first kappa shape index (κ1) is 17.8. The van der Waals surface area contributed by atoms with Crippen molar-refractivity contribution in [2.75, 3.05) is 11.4 Å². The quantitative estimate of drug-likeness (QED) is 0.890. The molecular formula is C23H26N2O2. The highest BCUT2D eigenvalue weighted by Crippen LogP contribution is 2.49. The molecule has 0 saturated heterocycles. The first-order chi connectivity index (χ1) is 13.1. The van der Waals surface area contributed by atoms with Gasteiger partial charge < -0.3 is 10.2 Å². The highest BCUT2D eigenvalue weighted by molar-refractivity contribution is 5.98. The molecule has 2 aliphatic rings. The number of fused-ring (bicyclic) bond motifs is 2. The zero-order valence-corrected chi connectivity index (χ0v) is 15.8. The molecule has 0 aromatic heterocycles. The summed E-state index contributed by atoms with van der Waals surface area (Å²) in [6, 6.07) is 15.8. The van der Waals surface area contributed by atoms with Crippen molar-refractivity contribution >= 4 is 17.5 Å². The topological polar surface area (TPSA) is 49.4 Å². The molecule has 0 radical (unpaired) electrons. The molecule has 1 spiro atoms. The number of amides is 2. The predicted octanol–water partition coefficient (Wildman–Crippen LogP) is 4.19.